The summed E-state index contributed by atoms with van der Waals surface area (Å²) in [5.74, 6) is 0.0342. The summed E-state index contributed by atoms with van der Waals surface area (Å²) in [4.78, 5) is 19.4. The number of likely N-dealkylation sites (tertiary alicyclic amines) is 1. The largest absolute Gasteiger partial charge is 0.358 e. The molecule has 3 N–H and O–H groups in total. The number of nitrogens with one attached hydrogen (secondary N) is 3. The van der Waals surface area contributed by atoms with Crippen LogP contribution in [-0.4, -0.2) is 54.7 Å². The maximum absolute atomic E-state index is 14.2. The maximum atomic E-state index is 14.2. The second-order valence-electron chi connectivity index (χ2n) is 12.4. The summed E-state index contributed by atoms with van der Waals surface area (Å²) in [6.45, 7) is 16.4. The summed E-state index contributed by atoms with van der Waals surface area (Å²) in [7, 11) is 0. The molecule has 6 aromatic rings. The van der Waals surface area contributed by atoms with Crippen LogP contribution in [-0.2, 0) is 0 Å². The van der Waals surface area contributed by atoms with Gasteiger partial charge in [-0.15, -0.1) is 0 Å². The van der Waals surface area contributed by atoms with E-state index in [1.165, 1.54) is 51.0 Å². The minimum atomic E-state index is -0.270. The van der Waals surface area contributed by atoms with Crippen LogP contribution in [0.4, 0.5) is 10.1 Å². The second-order valence-corrected chi connectivity index (χ2v) is 12.4. The van der Waals surface area contributed by atoms with Crippen molar-refractivity contribution < 1.29 is 4.39 Å². The molecule has 1 aliphatic heterocycles. The van der Waals surface area contributed by atoms with Crippen molar-refractivity contribution in [1.29, 1.82) is 0 Å². The van der Waals surface area contributed by atoms with E-state index in [-0.39, 0.29) is 5.82 Å². The van der Waals surface area contributed by atoms with Crippen LogP contribution in [0.25, 0.3) is 55.6 Å². The number of halogens is 1. The Morgan fingerprint density at radius 1 is 0.935 bits per heavy atom. The van der Waals surface area contributed by atoms with Gasteiger partial charge in [0.15, 0.2) is 0 Å². The number of hydrogen-bond donors (Lipinski definition) is 3. The highest BCUT2D eigenvalue weighted by Gasteiger charge is 2.16. The van der Waals surface area contributed by atoms with Crippen LogP contribution in [0.5, 0.6) is 0 Å². The number of benzene rings is 1. The first kappa shape index (κ1) is 31.1. The lowest BCUT2D eigenvalue weighted by atomic mass is 10.0. The van der Waals surface area contributed by atoms with Crippen molar-refractivity contribution in [1.82, 2.24) is 35.0 Å². The van der Waals surface area contributed by atoms with Gasteiger partial charge in [0, 0.05) is 40.0 Å². The van der Waals surface area contributed by atoms with Crippen LogP contribution in [0.15, 0.2) is 79.7 Å². The van der Waals surface area contributed by atoms with Crippen molar-refractivity contribution in [3.63, 3.8) is 0 Å². The van der Waals surface area contributed by atoms with Crippen molar-refractivity contribution in [2.24, 2.45) is 5.92 Å². The summed E-state index contributed by atoms with van der Waals surface area (Å²) in [6.07, 6.45) is 13.1. The zero-order valence-corrected chi connectivity index (χ0v) is 27.0. The van der Waals surface area contributed by atoms with Gasteiger partial charge in [-0.25, -0.2) is 4.39 Å². The number of H-pyrrole nitrogens is 2. The predicted molar refractivity (Wildman–Crippen MR) is 186 cm³/mol. The fraction of sp³-hybridized carbons (Fsp3) is 0.297. The highest BCUT2D eigenvalue weighted by atomic mass is 19.1. The Hall–Kier alpha value is -4.89. The van der Waals surface area contributed by atoms with Gasteiger partial charge < -0.3 is 15.2 Å². The molecule has 5 aromatic heterocycles. The molecule has 0 spiro atoms. The molecule has 1 saturated heterocycles. The second kappa shape index (κ2) is 13.6. The molecule has 9 heteroatoms. The van der Waals surface area contributed by atoms with Crippen LogP contribution in [0.3, 0.4) is 0 Å². The zero-order valence-electron chi connectivity index (χ0n) is 27.0. The number of pyridine rings is 3. The highest BCUT2D eigenvalue weighted by molar-refractivity contribution is 6.01. The van der Waals surface area contributed by atoms with Crippen molar-refractivity contribution in [2.45, 2.75) is 47.0 Å². The van der Waals surface area contributed by atoms with Gasteiger partial charge in [0.05, 0.1) is 46.7 Å². The summed E-state index contributed by atoms with van der Waals surface area (Å²) in [5, 5.41) is 12.9. The number of fused-ring (bicyclic) bond motifs is 2. The fourth-order valence-electron chi connectivity index (χ4n) is 5.88. The molecule has 6 heterocycles. The number of anilines is 1. The molecule has 1 fully saturated rings. The quantitative estimate of drug-likeness (QED) is 0.158. The van der Waals surface area contributed by atoms with E-state index in [0.29, 0.717) is 5.92 Å². The topological polar surface area (TPSA) is 98.4 Å². The van der Waals surface area contributed by atoms with Gasteiger partial charge in [0.2, 0.25) is 0 Å². The third-order valence-corrected chi connectivity index (χ3v) is 8.38. The standard InChI is InChI=1S/C30H26FN7.C7H15N/c1-16(2)18(4)35-22-8-20(11-32-12-22)26-10-24-29(15-34-26)37-38-30(24)27-9-23-25(13-33-14-28(23)36-27)19-5-17(3)6-21(31)7-19;1-2-5-8-6-3-4-7-8/h5-16,35-36H,4H2,1-3H3,(H,37,38);2-7H2,1H3. The third kappa shape index (κ3) is 6.84. The molecule has 8 nitrogen and oxygen atoms in total. The van der Waals surface area contributed by atoms with Crippen LogP contribution < -0.4 is 5.32 Å². The summed E-state index contributed by atoms with van der Waals surface area (Å²) >= 11 is 0. The SMILES string of the molecule is C=C(Nc1cncc(-c2cc3c(-c4cc5c(-c6cc(C)cc(F)c6)cncc5[nH]4)n[nH]c3cn2)c1)C(C)C.CCCN1CCCC1. The van der Waals surface area contributed by atoms with Crippen molar-refractivity contribution >= 4 is 27.5 Å². The van der Waals surface area contributed by atoms with Crippen molar-refractivity contribution in [3.05, 3.63) is 91.0 Å². The van der Waals surface area contributed by atoms with E-state index >= 15 is 0 Å². The van der Waals surface area contributed by atoms with E-state index in [2.05, 4.69) is 67.7 Å². The van der Waals surface area contributed by atoms with Gasteiger partial charge in [0.1, 0.15) is 11.5 Å². The molecule has 0 unspecified atom stereocenters. The molecule has 0 saturated carbocycles. The minimum absolute atomic E-state index is 0.270. The van der Waals surface area contributed by atoms with Gasteiger partial charge in [0.25, 0.3) is 0 Å². The number of rotatable bonds is 8. The number of aryl methyl sites for hydroxylation is 1. The summed E-state index contributed by atoms with van der Waals surface area (Å²) in [6, 6.07) is 11.1. The van der Waals surface area contributed by atoms with Crippen molar-refractivity contribution in [3.8, 4) is 33.8 Å². The third-order valence-electron chi connectivity index (χ3n) is 8.38. The first-order chi connectivity index (χ1) is 22.3. The Balaban J connectivity index is 0.000000407. The van der Waals surface area contributed by atoms with Crippen LogP contribution in [0, 0.1) is 18.7 Å². The monoisotopic (exact) mass is 616 g/mol. The Morgan fingerprint density at radius 3 is 2.50 bits per heavy atom. The Kier molecular flexibility index (Phi) is 9.21. The Bertz CT molecular complexity index is 1960. The number of nitrogens with zero attached hydrogens (tertiary/aromatic N) is 5. The van der Waals surface area contributed by atoms with Crippen molar-refractivity contribution in [2.75, 3.05) is 25.0 Å². The van der Waals surface area contributed by atoms with E-state index in [4.69, 9.17) is 0 Å². The summed E-state index contributed by atoms with van der Waals surface area (Å²) < 4.78 is 14.2. The lowest BCUT2D eigenvalue weighted by Crippen LogP contribution is -2.19. The number of hydrogen-bond acceptors (Lipinski definition) is 6. The molecule has 0 aliphatic carbocycles. The van der Waals surface area contributed by atoms with Gasteiger partial charge in [-0.1, -0.05) is 33.4 Å². The van der Waals surface area contributed by atoms with Crippen LogP contribution in [0.2, 0.25) is 0 Å². The number of allylic oxidation sites excluding steroid dienone is 1. The van der Waals surface area contributed by atoms with E-state index in [0.717, 1.165) is 72.5 Å². The molecule has 0 atom stereocenters. The average molecular weight is 617 g/mol. The maximum Gasteiger partial charge on any atom is 0.124 e. The molecule has 1 aliphatic rings. The minimum Gasteiger partial charge on any atom is -0.358 e. The first-order valence-corrected chi connectivity index (χ1v) is 16.0. The van der Waals surface area contributed by atoms with Crippen LogP contribution >= 0.6 is 0 Å². The zero-order chi connectivity index (χ0) is 32.2. The number of aromatic nitrogens is 6. The number of aromatic amines is 2. The van der Waals surface area contributed by atoms with E-state index in [1.807, 2.05) is 31.2 Å². The molecule has 0 amide bonds. The molecule has 46 heavy (non-hydrogen) atoms. The molecular weight excluding hydrogens is 575 g/mol. The molecule has 0 radical (unpaired) electrons. The Morgan fingerprint density at radius 2 is 1.74 bits per heavy atom. The smallest absolute Gasteiger partial charge is 0.124 e. The predicted octanol–water partition coefficient (Wildman–Crippen LogP) is 8.75. The van der Waals surface area contributed by atoms with E-state index in [1.54, 1.807) is 31.0 Å². The molecular formula is C37H41FN8. The molecule has 7 rings (SSSR count). The fourth-order valence-corrected chi connectivity index (χ4v) is 5.88. The highest BCUT2D eigenvalue weighted by Crippen LogP contribution is 2.35. The van der Waals surface area contributed by atoms with E-state index in [9.17, 15) is 4.39 Å². The summed E-state index contributed by atoms with van der Waals surface area (Å²) in [5.41, 5.74) is 9.18. The average Bonchev–Trinajstić information content (AvgIpc) is 3.80. The van der Waals surface area contributed by atoms with Gasteiger partial charge in [-0.3, -0.25) is 20.1 Å². The Labute approximate surface area is 269 Å². The van der Waals surface area contributed by atoms with E-state index < -0.39 is 0 Å². The van der Waals surface area contributed by atoms with Crippen LogP contribution in [0.1, 0.15) is 45.6 Å². The molecule has 1 aromatic carbocycles. The normalized spacial score (nSPS) is 13.3. The molecule has 236 valence electrons. The lowest BCUT2D eigenvalue weighted by molar-refractivity contribution is 0.339. The molecule has 0 bridgehead atoms. The van der Waals surface area contributed by atoms with Gasteiger partial charge >= 0.3 is 0 Å². The van der Waals surface area contributed by atoms with Gasteiger partial charge in [-0.05, 0) is 93.2 Å². The lowest BCUT2D eigenvalue weighted by Gasteiger charge is -2.13. The first-order valence-electron chi connectivity index (χ1n) is 16.0. The van der Waals surface area contributed by atoms with Gasteiger partial charge in [-0.2, -0.15) is 5.10 Å².